The zero-order chi connectivity index (χ0) is 36.2. The average Bonchev–Trinajstić information content (AvgIpc) is 3.55. The van der Waals surface area contributed by atoms with Gasteiger partial charge in [0, 0.05) is 41.4 Å². The summed E-state index contributed by atoms with van der Waals surface area (Å²) in [6.07, 6.45) is 4.45. The first kappa shape index (κ1) is 37.4. The lowest BCUT2D eigenvalue weighted by atomic mass is 9.93. The van der Waals surface area contributed by atoms with Gasteiger partial charge in [-0.3, -0.25) is 9.59 Å². The lowest BCUT2D eigenvalue weighted by Crippen LogP contribution is -2.31. The number of carbonyl (C=O) groups excluding carboxylic acids is 4. The summed E-state index contributed by atoms with van der Waals surface area (Å²) < 4.78 is 11.1. The van der Waals surface area contributed by atoms with Gasteiger partial charge in [-0.1, -0.05) is 55.6 Å². The molecule has 49 heavy (non-hydrogen) atoms. The highest BCUT2D eigenvalue weighted by molar-refractivity contribution is 6.43. The predicted molar refractivity (Wildman–Crippen MR) is 188 cm³/mol. The summed E-state index contributed by atoms with van der Waals surface area (Å²) in [4.78, 5) is 63.2. The Morgan fingerprint density at radius 2 is 1.63 bits per heavy atom. The molecular weight excluding hydrogens is 697 g/mol. The van der Waals surface area contributed by atoms with Crippen LogP contribution in [0.2, 0.25) is 10.0 Å². The monoisotopic (exact) mass is 731 g/mol. The van der Waals surface area contributed by atoms with Crippen LogP contribution in [0.15, 0.2) is 61.8 Å². The standard InChI is InChI=1S/C19H17Cl2NO4.C15H19ClN4O3/c1-2-26-19(25)16(21)10-11-9-12(7-8-15(11)20)22-17(23)13-5-3-4-6-14(13)18(22)24;1-15(2,3)12-18-20(14(22)23-12)11-7-6-9(8-10(11)16)17-13(21)19(4)5/h7-10H,2-6H2,1H3;6-8H,1-5H3,(H,17,21)/b16-10-;. The molecule has 4 amide bonds. The van der Waals surface area contributed by atoms with Crippen molar-refractivity contribution < 1.29 is 28.3 Å². The SMILES string of the molecule is CCOC(=O)/C(Cl)=C/c1cc(N2C(=O)C3=C(CCCC3)C2=O)ccc1Cl.CN(C)C(=O)Nc1ccc(-n2nc(C(C)(C)C)oc2=O)c(Cl)c1. The largest absolute Gasteiger partial charge is 0.462 e. The molecule has 0 atom stereocenters. The molecule has 0 unspecified atom stereocenters. The summed E-state index contributed by atoms with van der Waals surface area (Å²) in [5.74, 6) is -1.51. The predicted octanol–water partition coefficient (Wildman–Crippen LogP) is 7.10. The number of nitrogens with one attached hydrogen (secondary N) is 1. The van der Waals surface area contributed by atoms with Crippen molar-refractivity contribution >= 4 is 76.1 Å². The summed E-state index contributed by atoms with van der Waals surface area (Å²) in [5, 5.41) is 7.34. The Morgan fingerprint density at radius 3 is 2.16 bits per heavy atom. The maximum atomic E-state index is 12.7. The minimum Gasteiger partial charge on any atom is -0.462 e. The third-order valence-electron chi connectivity index (χ3n) is 7.40. The first-order valence-corrected chi connectivity index (χ1v) is 16.5. The summed E-state index contributed by atoms with van der Waals surface area (Å²) in [7, 11) is 3.27. The van der Waals surface area contributed by atoms with Crippen molar-refractivity contribution in [3.8, 4) is 5.69 Å². The van der Waals surface area contributed by atoms with Gasteiger partial charge in [0.2, 0.25) is 5.89 Å². The van der Waals surface area contributed by atoms with Crippen molar-refractivity contribution in [3.63, 3.8) is 0 Å². The number of halogens is 3. The number of benzene rings is 2. The quantitative estimate of drug-likeness (QED) is 0.161. The van der Waals surface area contributed by atoms with E-state index in [1.807, 2.05) is 20.8 Å². The smallest absolute Gasteiger partial charge is 0.442 e. The van der Waals surface area contributed by atoms with E-state index in [0.29, 0.717) is 57.5 Å². The maximum absolute atomic E-state index is 12.7. The Balaban J connectivity index is 0.000000223. The number of urea groups is 1. The molecule has 0 radical (unpaired) electrons. The molecule has 1 aliphatic heterocycles. The zero-order valence-corrected chi connectivity index (χ0v) is 30.1. The minimum atomic E-state index is -0.666. The van der Waals surface area contributed by atoms with E-state index < -0.39 is 17.1 Å². The normalized spacial score (nSPS) is 14.7. The van der Waals surface area contributed by atoms with Crippen LogP contribution in [0, 0.1) is 0 Å². The van der Waals surface area contributed by atoms with Gasteiger partial charge in [0.05, 0.1) is 23.0 Å². The molecule has 260 valence electrons. The molecule has 0 fully saturated rings. The summed E-state index contributed by atoms with van der Waals surface area (Å²) >= 11 is 18.3. The van der Waals surface area contributed by atoms with E-state index in [0.717, 1.165) is 17.5 Å². The molecule has 2 aliphatic rings. The number of rotatable bonds is 6. The van der Waals surface area contributed by atoms with E-state index in [-0.39, 0.29) is 34.5 Å². The molecular formula is C34H36Cl3N5O7. The highest BCUT2D eigenvalue weighted by Crippen LogP contribution is 2.37. The number of carbonyl (C=O) groups is 4. The maximum Gasteiger partial charge on any atom is 0.442 e. The zero-order valence-electron chi connectivity index (χ0n) is 27.9. The number of amides is 4. The van der Waals surface area contributed by atoms with Gasteiger partial charge in [-0.05, 0) is 80.6 Å². The highest BCUT2D eigenvalue weighted by Gasteiger charge is 2.39. The fraction of sp³-hybridized carbons (Fsp3) is 0.353. The van der Waals surface area contributed by atoms with Gasteiger partial charge in [-0.2, -0.15) is 4.68 Å². The number of ether oxygens (including phenoxy) is 1. The van der Waals surface area contributed by atoms with Crippen LogP contribution >= 0.6 is 34.8 Å². The molecule has 2 aromatic carbocycles. The minimum absolute atomic E-state index is 0.137. The van der Waals surface area contributed by atoms with Crippen molar-refractivity contribution in [2.24, 2.45) is 0 Å². The Morgan fingerprint density at radius 1 is 1.00 bits per heavy atom. The molecule has 0 saturated carbocycles. The molecule has 12 nitrogen and oxygen atoms in total. The van der Waals surface area contributed by atoms with E-state index in [1.54, 1.807) is 57.4 Å². The van der Waals surface area contributed by atoms with Crippen LogP contribution in [0.1, 0.15) is 64.8 Å². The molecule has 15 heteroatoms. The molecule has 0 spiro atoms. The lowest BCUT2D eigenvalue weighted by Gasteiger charge is -2.16. The second-order valence-corrected chi connectivity index (χ2v) is 13.6. The van der Waals surface area contributed by atoms with Crippen LogP contribution in [0.4, 0.5) is 16.2 Å². The number of hydrogen-bond donors (Lipinski definition) is 1. The number of anilines is 2. The van der Waals surface area contributed by atoms with Crippen molar-refractivity contribution in [1.82, 2.24) is 14.7 Å². The molecule has 2 heterocycles. The third kappa shape index (κ3) is 8.62. The van der Waals surface area contributed by atoms with E-state index in [4.69, 9.17) is 44.0 Å². The summed E-state index contributed by atoms with van der Waals surface area (Å²) in [6.45, 7) is 7.55. The van der Waals surface area contributed by atoms with Crippen molar-refractivity contribution in [2.75, 3.05) is 30.9 Å². The molecule has 1 aliphatic carbocycles. The fourth-order valence-corrected chi connectivity index (χ4v) is 5.48. The van der Waals surface area contributed by atoms with Gasteiger partial charge < -0.3 is 19.4 Å². The number of hydrogen-bond acceptors (Lipinski definition) is 8. The molecule has 5 rings (SSSR count). The highest BCUT2D eigenvalue weighted by atomic mass is 35.5. The van der Waals surface area contributed by atoms with Crippen LogP contribution in [0.3, 0.4) is 0 Å². The molecule has 0 bridgehead atoms. The van der Waals surface area contributed by atoms with Crippen LogP contribution < -0.4 is 16.0 Å². The Kier molecular flexibility index (Phi) is 11.8. The van der Waals surface area contributed by atoms with Crippen LogP contribution in [0.25, 0.3) is 11.8 Å². The Bertz CT molecular complexity index is 1890. The van der Waals surface area contributed by atoms with Gasteiger partial charge in [0.25, 0.3) is 11.8 Å². The first-order chi connectivity index (χ1) is 23.0. The molecule has 0 saturated heterocycles. The van der Waals surface area contributed by atoms with E-state index in [1.165, 1.54) is 15.9 Å². The van der Waals surface area contributed by atoms with Crippen LogP contribution in [-0.2, 0) is 24.5 Å². The van der Waals surface area contributed by atoms with Gasteiger partial charge in [0.1, 0.15) is 5.03 Å². The van der Waals surface area contributed by atoms with Crippen molar-refractivity contribution in [3.05, 3.63) is 84.6 Å². The van der Waals surface area contributed by atoms with Crippen LogP contribution in [-0.4, -0.2) is 59.2 Å². The van der Waals surface area contributed by atoms with Crippen molar-refractivity contribution in [2.45, 2.75) is 58.8 Å². The van der Waals surface area contributed by atoms with E-state index >= 15 is 0 Å². The number of aromatic nitrogens is 2. The first-order valence-electron chi connectivity index (χ1n) is 15.4. The second kappa shape index (κ2) is 15.4. The summed E-state index contributed by atoms with van der Waals surface area (Å²) in [6, 6.07) is 9.25. The molecule has 3 aromatic rings. The van der Waals surface area contributed by atoms with Gasteiger partial charge >= 0.3 is 17.8 Å². The fourth-order valence-electron chi connectivity index (χ4n) is 4.88. The van der Waals surface area contributed by atoms with Gasteiger partial charge in [-0.15, -0.1) is 5.10 Å². The Labute approximate surface area is 298 Å². The van der Waals surface area contributed by atoms with Crippen LogP contribution in [0.5, 0.6) is 0 Å². The van der Waals surface area contributed by atoms with E-state index in [2.05, 4.69) is 10.4 Å². The van der Waals surface area contributed by atoms with Gasteiger partial charge in [0.15, 0.2) is 0 Å². The Hall–Kier alpha value is -4.39. The average molecular weight is 733 g/mol. The second-order valence-electron chi connectivity index (χ2n) is 12.4. The number of imide groups is 1. The van der Waals surface area contributed by atoms with Crippen molar-refractivity contribution in [1.29, 1.82) is 0 Å². The third-order valence-corrected chi connectivity index (χ3v) is 8.31. The molecule has 1 N–H and O–H groups in total. The number of nitrogens with zero attached hydrogens (tertiary/aromatic N) is 4. The topological polar surface area (TPSA) is 144 Å². The van der Waals surface area contributed by atoms with Gasteiger partial charge in [-0.25, -0.2) is 19.3 Å². The lowest BCUT2D eigenvalue weighted by molar-refractivity contribution is -0.137. The molecule has 1 aromatic heterocycles. The number of esters is 1. The summed E-state index contributed by atoms with van der Waals surface area (Å²) in [5.41, 5.74) is 2.56. The van der Waals surface area contributed by atoms with E-state index in [9.17, 15) is 24.0 Å².